The molecule has 0 saturated heterocycles. The molecule has 0 aromatic heterocycles. The van der Waals surface area contributed by atoms with E-state index in [1.54, 1.807) is 0 Å². The van der Waals surface area contributed by atoms with Crippen molar-refractivity contribution in [3.63, 3.8) is 0 Å². The summed E-state index contributed by atoms with van der Waals surface area (Å²) in [6.07, 6.45) is 1.12. The first kappa shape index (κ1) is 13.2. The fourth-order valence-corrected chi connectivity index (χ4v) is 1.28. The topological polar surface area (TPSA) is 111 Å². The zero-order chi connectivity index (χ0) is 12.8. The van der Waals surface area contributed by atoms with Gasteiger partial charge in [-0.05, 0) is 17.4 Å². The molecule has 8 heteroatoms. The first-order chi connectivity index (χ1) is 8.06. The van der Waals surface area contributed by atoms with Crippen LogP contribution in [0.3, 0.4) is 0 Å². The fraction of sp³-hybridized carbons (Fsp3) is 0.222. The summed E-state index contributed by atoms with van der Waals surface area (Å²) < 4.78 is 0. The Balaban J connectivity index is 2.99. The lowest BCUT2D eigenvalue weighted by Crippen LogP contribution is -2.11. The Hall–Kier alpha value is -1.86. The van der Waals surface area contributed by atoms with Crippen LogP contribution < -0.4 is 10.5 Å². The average Bonchev–Trinajstić information content (AvgIpc) is 2.28. The smallest absolute Gasteiger partial charge is 0.263 e. The van der Waals surface area contributed by atoms with Crippen LogP contribution in [0.15, 0.2) is 17.2 Å². The molecule has 0 spiro atoms. The van der Waals surface area contributed by atoms with Gasteiger partial charge >= 0.3 is 0 Å². The van der Waals surface area contributed by atoms with Gasteiger partial charge in [0.05, 0.1) is 24.3 Å². The van der Waals surface area contributed by atoms with Gasteiger partial charge in [0.1, 0.15) is 0 Å². The standard InChI is InChI=1S/C9H10ClN3O4/c10-7-3-6(5-12-11-1-2-14)9(15)8(4-7)13(16)17/h3-5,11,14-15H,1-2H2/p-1/b12-5-. The molecule has 0 atom stereocenters. The Bertz CT molecular complexity index is 450. The van der Waals surface area contributed by atoms with E-state index in [9.17, 15) is 15.2 Å². The Morgan fingerprint density at radius 3 is 2.88 bits per heavy atom. The summed E-state index contributed by atoms with van der Waals surface area (Å²) >= 11 is 5.64. The van der Waals surface area contributed by atoms with Crippen LogP contribution in [-0.4, -0.2) is 29.4 Å². The van der Waals surface area contributed by atoms with Crippen LogP contribution in [0.25, 0.3) is 0 Å². The van der Waals surface area contributed by atoms with E-state index >= 15 is 0 Å². The van der Waals surface area contributed by atoms with Gasteiger partial charge in [-0.1, -0.05) is 11.6 Å². The van der Waals surface area contributed by atoms with Gasteiger partial charge in [0, 0.05) is 11.1 Å². The Morgan fingerprint density at radius 2 is 2.29 bits per heavy atom. The summed E-state index contributed by atoms with van der Waals surface area (Å²) in [7, 11) is 0. The number of hydrogen-bond acceptors (Lipinski definition) is 6. The second kappa shape index (κ2) is 6.02. The van der Waals surface area contributed by atoms with Crippen LogP contribution >= 0.6 is 11.6 Å². The largest absolute Gasteiger partial charge is 0.867 e. The van der Waals surface area contributed by atoms with E-state index < -0.39 is 16.4 Å². The van der Waals surface area contributed by atoms with Crippen LogP contribution in [0.4, 0.5) is 5.69 Å². The summed E-state index contributed by atoms with van der Waals surface area (Å²) in [4.78, 5) is 9.76. The maximum Gasteiger partial charge on any atom is 0.263 e. The maximum absolute atomic E-state index is 11.6. The molecule has 0 amide bonds. The van der Waals surface area contributed by atoms with Crippen LogP contribution in [-0.2, 0) is 0 Å². The molecule has 0 bridgehead atoms. The molecular formula is C9H9ClN3O4-. The highest BCUT2D eigenvalue weighted by atomic mass is 35.5. The van der Waals surface area contributed by atoms with Crippen LogP contribution in [0.1, 0.15) is 5.56 Å². The number of benzene rings is 1. The molecule has 7 nitrogen and oxygen atoms in total. The number of nitro benzene ring substituents is 1. The lowest BCUT2D eigenvalue weighted by molar-refractivity contribution is -0.398. The lowest BCUT2D eigenvalue weighted by Gasteiger charge is -2.10. The van der Waals surface area contributed by atoms with Gasteiger partial charge in [-0.15, -0.1) is 0 Å². The molecule has 1 aromatic rings. The maximum atomic E-state index is 11.6. The van der Waals surface area contributed by atoms with Gasteiger partial charge in [0.25, 0.3) is 5.69 Å². The average molecular weight is 259 g/mol. The fourth-order valence-electron chi connectivity index (χ4n) is 1.06. The molecule has 0 aliphatic heterocycles. The number of halogens is 1. The van der Waals surface area contributed by atoms with Gasteiger partial charge in [0.15, 0.2) is 0 Å². The van der Waals surface area contributed by atoms with Gasteiger partial charge in [-0.3, -0.25) is 10.1 Å². The van der Waals surface area contributed by atoms with Gasteiger partial charge < -0.3 is 15.6 Å². The molecule has 1 aromatic carbocycles. The molecular weight excluding hydrogens is 250 g/mol. The molecule has 0 heterocycles. The number of aliphatic hydroxyl groups excluding tert-OH is 1. The number of rotatable bonds is 5. The molecule has 0 fully saturated rings. The van der Waals surface area contributed by atoms with Crippen molar-refractivity contribution in [2.75, 3.05) is 13.2 Å². The SMILES string of the molecule is O=[N+]([O-])c1cc(Cl)cc(/C=N\NCCO)c1[O-]. The van der Waals surface area contributed by atoms with Crippen molar-refractivity contribution in [2.45, 2.75) is 0 Å². The van der Waals surface area contributed by atoms with E-state index in [0.29, 0.717) is 0 Å². The third kappa shape index (κ3) is 3.58. The first-order valence-corrected chi connectivity index (χ1v) is 4.95. The highest BCUT2D eigenvalue weighted by Gasteiger charge is 2.10. The molecule has 92 valence electrons. The minimum absolute atomic E-state index is 0.00893. The summed E-state index contributed by atoms with van der Waals surface area (Å²) in [6, 6.07) is 2.27. The van der Waals surface area contributed by atoms with E-state index in [0.717, 1.165) is 12.3 Å². The minimum atomic E-state index is -0.799. The Labute approximate surface area is 101 Å². The molecule has 0 aliphatic carbocycles. The normalized spacial score (nSPS) is 10.7. The van der Waals surface area contributed by atoms with E-state index in [4.69, 9.17) is 16.7 Å². The summed E-state index contributed by atoms with van der Waals surface area (Å²) in [5.41, 5.74) is 1.86. The van der Waals surface area contributed by atoms with Gasteiger partial charge in [-0.25, -0.2) is 0 Å². The van der Waals surface area contributed by atoms with Gasteiger partial charge in [-0.2, -0.15) is 5.10 Å². The number of nitro groups is 1. The molecule has 0 radical (unpaired) electrons. The van der Waals surface area contributed by atoms with Crippen LogP contribution in [0, 0.1) is 10.1 Å². The number of hydrogen-bond donors (Lipinski definition) is 2. The molecule has 0 unspecified atom stereocenters. The van der Waals surface area contributed by atoms with Crippen LogP contribution in [0.5, 0.6) is 5.75 Å². The second-order valence-corrected chi connectivity index (χ2v) is 3.43. The van der Waals surface area contributed by atoms with Crippen molar-refractivity contribution in [3.05, 3.63) is 32.8 Å². The quantitative estimate of drug-likeness (QED) is 0.340. The zero-order valence-corrected chi connectivity index (χ0v) is 9.35. The molecule has 0 saturated carbocycles. The summed E-state index contributed by atoms with van der Waals surface area (Å²) in [5.74, 6) is -0.756. The second-order valence-electron chi connectivity index (χ2n) is 2.99. The van der Waals surface area contributed by atoms with Crippen molar-refractivity contribution < 1.29 is 15.1 Å². The van der Waals surface area contributed by atoms with Crippen molar-refractivity contribution in [1.82, 2.24) is 5.43 Å². The minimum Gasteiger partial charge on any atom is -0.867 e. The van der Waals surface area contributed by atoms with E-state index in [1.165, 1.54) is 6.07 Å². The third-order valence-corrected chi connectivity index (χ3v) is 2.00. The summed E-state index contributed by atoms with van der Waals surface area (Å²) in [5, 5.41) is 34.3. The van der Waals surface area contributed by atoms with Crippen LogP contribution in [0.2, 0.25) is 5.02 Å². The Kier molecular flexibility index (Phi) is 4.68. The van der Waals surface area contributed by atoms with E-state index in [-0.39, 0.29) is 23.7 Å². The Morgan fingerprint density at radius 1 is 1.59 bits per heavy atom. The van der Waals surface area contributed by atoms with Crippen molar-refractivity contribution in [2.24, 2.45) is 5.10 Å². The molecule has 17 heavy (non-hydrogen) atoms. The lowest BCUT2D eigenvalue weighted by atomic mass is 10.2. The predicted octanol–water partition coefficient (Wildman–Crippen LogP) is 0.238. The third-order valence-electron chi connectivity index (χ3n) is 1.78. The molecule has 1 rings (SSSR count). The first-order valence-electron chi connectivity index (χ1n) is 4.58. The highest BCUT2D eigenvalue weighted by Crippen LogP contribution is 2.29. The van der Waals surface area contributed by atoms with Gasteiger partial charge in [0.2, 0.25) is 0 Å². The van der Waals surface area contributed by atoms with Crippen molar-refractivity contribution >= 4 is 23.5 Å². The summed E-state index contributed by atoms with van der Waals surface area (Å²) in [6.45, 7) is 0.102. The van der Waals surface area contributed by atoms with E-state index in [2.05, 4.69) is 10.5 Å². The number of nitrogens with zero attached hydrogens (tertiary/aromatic N) is 2. The predicted molar refractivity (Wildman–Crippen MR) is 60.2 cm³/mol. The number of aliphatic hydroxyl groups is 1. The zero-order valence-electron chi connectivity index (χ0n) is 8.59. The monoisotopic (exact) mass is 258 g/mol. The van der Waals surface area contributed by atoms with Crippen molar-refractivity contribution in [1.29, 1.82) is 0 Å². The van der Waals surface area contributed by atoms with E-state index in [1.807, 2.05) is 0 Å². The number of hydrazone groups is 1. The van der Waals surface area contributed by atoms with Crippen molar-refractivity contribution in [3.8, 4) is 5.75 Å². The highest BCUT2D eigenvalue weighted by molar-refractivity contribution is 6.31. The molecule has 0 aliphatic rings. The number of nitrogens with one attached hydrogen (secondary N) is 1. The molecule has 2 N–H and O–H groups in total.